The second kappa shape index (κ2) is 5.70. The Morgan fingerprint density at radius 2 is 1.56 bits per heavy atom. The first-order chi connectivity index (χ1) is 11.9. The van der Waals surface area contributed by atoms with Crippen molar-refractivity contribution in [2.24, 2.45) is 0 Å². The van der Waals surface area contributed by atoms with Crippen LogP contribution in [0.1, 0.15) is 31.9 Å². The number of benzene rings is 3. The molecule has 1 nitrogen and oxygen atoms in total. The second-order valence-corrected chi connectivity index (χ2v) is 7.88. The van der Waals surface area contributed by atoms with E-state index in [1.165, 1.54) is 38.2 Å². The van der Waals surface area contributed by atoms with Gasteiger partial charge in [0.2, 0.25) is 0 Å². The van der Waals surface area contributed by atoms with Crippen LogP contribution in [0.5, 0.6) is 0 Å². The molecule has 4 rings (SSSR count). The molecular formula is C24H23N. The van der Waals surface area contributed by atoms with Gasteiger partial charge in [-0.1, -0.05) is 74.9 Å². The van der Waals surface area contributed by atoms with Crippen LogP contribution in [-0.2, 0) is 5.41 Å². The van der Waals surface area contributed by atoms with E-state index in [1.54, 1.807) is 0 Å². The molecular weight excluding hydrogens is 302 g/mol. The van der Waals surface area contributed by atoms with Crippen LogP contribution in [0.2, 0.25) is 0 Å². The van der Waals surface area contributed by atoms with Gasteiger partial charge in [0.25, 0.3) is 0 Å². The summed E-state index contributed by atoms with van der Waals surface area (Å²) in [4.78, 5) is 4.72. The zero-order valence-electron chi connectivity index (χ0n) is 15.3. The van der Waals surface area contributed by atoms with Gasteiger partial charge >= 0.3 is 0 Å². The van der Waals surface area contributed by atoms with Crippen molar-refractivity contribution in [1.29, 1.82) is 0 Å². The van der Waals surface area contributed by atoms with Gasteiger partial charge in [-0.15, -0.1) is 0 Å². The minimum Gasteiger partial charge on any atom is -0.256 e. The van der Waals surface area contributed by atoms with Crippen molar-refractivity contribution < 1.29 is 0 Å². The van der Waals surface area contributed by atoms with E-state index in [-0.39, 0.29) is 5.41 Å². The third-order valence-electron chi connectivity index (χ3n) is 4.92. The van der Waals surface area contributed by atoms with Crippen molar-refractivity contribution in [1.82, 2.24) is 4.98 Å². The van der Waals surface area contributed by atoms with Crippen LogP contribution in [-0.4, -0.2) is 4.98 Å². The normalized spacial score (nSPS) is 12.0. The predicted octanol–water partition coefficient (Wildman–Crippen LogP) is 6.66. The molecule has 1 aromatic heterocycles. The van der Waals surface area contributed by atoms with Crippen LogP contribution in [0.25, 0.3) is 32.8 Å². The summed E-state index contributed by atoms with van der Waals surface area (Å²) in [6.45, 7) is 8.88. The number of hydrogen-bond donors (Lipinski definition) is 0. The van der Waals surface area contributed by atoms with Gasteiger partial charge in [0.1, 0.15) is 0 Å². The lowest BCUT2D eigenvalue weighted by molar-refractivity contribution is 0.590. The van der Waals surface area contributed by atoms with E-state index in [0.29, 0.717) is 0 Å². The number of rotatable bonds is 1. The van der Waals surface area contributed by atoms with Crippen molar-refractivity contribution in [3.63, 3.8) is 0 Å². The molecule has 4 aromatic rings. The number of aromatic nitrogens is 1. The van der Waals surface area contributed by atoms with Crippen LogP contribution in [0, 0.1) is 6.92 Å². The largest absolute Gasteiger partial charge is 0.256 e. The third kappa shape index (κ3) is 2.80. The Morgan fingerprint density at radius 3 is 2.36 bits per heavy atom. The van der Waals surface area contributed by atoms with Crippen molar-refractivity contribution in [3.8, 4) is 11.3 Å². The molecule has 0 amide bonds. The zero-order valence-corrected chi connectivity index (χ0v) is 15.3. The summed E-state index contributed by atoms with van der Waals surface area (Å²) in [6.07, 6.45) is 1.93. The molecule has 0 aliphatic carbocycles. The minimum absolute atomic E-state index is 0.130. The highest BCUT2D eigenvalue weighted by Crippen LogP contribution is 2.33. The molecule has 0 unspecified atom stereocenters. The van der Waals surface area contributed by atoms with E-state index < -0.39 is 0 Å². The topological polar surface area (TPSA) is 12.9 Å². The predicted molar refractivity (Wildman–Crippen MR) is 108 cm³/mol. The summed E-state index contributed by atoms with van der Waals surface area (Å²) in [5.41, 5.74) is 5.00. The van der Waals surface area contributed by atoms with E-state index in [9.17, 15) is 0 Å². The summed E-state index contributed by atoms with van der Waals surface area (Å²) in [5, 5.41) is 5.06. The number of hydrogen-bond acceptors (Lipinski definition) is 1. The van der Waals surface area contributed by atoms with Gasteiger partial charge in [0.15, 0.2) is 0 Å². The molecule has 0 radical (unpaired) electrons. The first-order valence-corrected chi connectivity index (χ1v) is 8.82. The van der Waals surface area contributed by atoms with Gasteiger partial charge in [-0.2, -0.15) is 0 Å². The minimum atomic E-state index is 0.130. The van der Waals surface area contributed by atoms with Gasteiger partial charge in [-0.25, -0.2) is 0 Å². The lowest BCUT2D eigenvalue weighted by Crippen LogP contribution is -2.10. The van der Waals surface area contributed by atoms with Crippen LogP contribution in [0.4, 0.5) is 0 Å². The number of fused-ring (bicyclic) bond motifs is 3. The smallest absolute Gasteiger partial charge is 0.0780 e. The van der Waals surface area contributed by atoms with Gasteiger partial charge in [0, 0.05) is 17.1 Å². The summed E-state index contributed by atoms with van der Waals surface area (Å²) >= 11 is 0. The summed E-state index contributed by atoms with van der Waals surface area (Å²) in [7, 11) is 0. The van der Waals surface area contributed by atoms with Crippen LogP contribution >= 0.6 is 0 Å². The van der Waals surface area contributed by atoms with Crippen molar-refractivity contribution in [2.45, 2.75) is 33.1 Å². The highest BCUT2D eigenvalue weighted by molar-refractivity contribution is 6.11. The van der Waals surface area contributed by atoms with Gasteiger partial charge in [-0.05, 0) is 46.2 Å². The fraction of sp³-hybridized carbons (Fsp3) is 0.208. The van der Waals surface area contributed by atoms with Crippen molar-refractivity contribution >= 4 is 21.5 Å². The van der Waals surface area contributed by atoms with Gasteiger partial charge < -0.3 is 0 Å². The molecule has 1 heteroatoms. The molecule has 124 valence electrons. The Morgan fingerprint density at radius 1 is 0.760 bits per heavy atom. The number of aryl methyl sites for hydroxylation is 1. The second-order valence-electron chi connectivity index (χ2n) is 7.88. The molecule has 0 bridgehead atoms. The van der Waals surface area contributed by atoms with Gasteiger partial charge in [-0.3, -0.25) is 4.98 Å². The van der Waals surface area contributed by atoms with E-state index >= 15 is 0 Å². The SMILES string of the molecule is Cc1ccc2c(ccc3c(-c4cccc(C(C)(C)C)c4)nccc32)c1. The molecule has 0 atom stereocenters. The van der Waals surface area contributed by atoms with Crippen LogP contribution in [0.15, 0.2) is 66.9 Å². The Labute approximate surface area is 149 Å². The standard InChI is InChI=1S/C24H23N/c1-16-8-10-20-17(14-16)9-11-22-21(20)12-13-25-23(22)18-6-5-7-19(15-18)24(2,3)4/h5-15H,1-4H3. The number of nitrogens with zero attached hydrogens (tertiary/aromatic N) is 1. The molecule has 0 fully saturated rings. The molecule has 3 aromatic carbocycles. The van der Waals surface area contributed by atoms with Crippen molar-refractivity contribution in [2.75, 3.05) is 0 Å². The van der Waals surface area contributed by atoms with Gasteiger partial charge in [0.05, 0.1) is 5.69 Å². The zero-order chi connectivity index (χ0) is 17.6. The van der Waals surface area contributed by atoms with E-state index in [1.807, 2.05) is 6.20 Å². The molecule has 0 aliphatic rings. The lowest BCUT2D eigenvalue weighted by Gasteiger charge is -2.20. The summed E-state index contributed by atoms with van der Waals surface area (Å²) in [5.74, 6) is 0. The lowest BCUT2D eigenvalue weighted by atomic mass is 9.85. The van der Waals surface area contributed by atoms with Crippen LogP contribution in [0.3, 0.4) is 0 Å². The quantitative estimate of drug-likeness (QED) is 0.356. The fourth-order valence-corrected chi connectivity index (χ4v) is 3.48. The average molecular weight is 325 g/mol. The van der Waals surface area contributed by atoms with E-state index in [4.69, 9.17) is 4.98 Å². The highest BCUT2D eigenvalue weighted by atomic mass is 14.7. The van der Waals surface area contributed by atoms with Crippen LogP contribution < -0.4 is 0 Å². The monoisotopic (exact) mass is 325 g/mol. The summed E-state index contributed by atoms with van der Waals surface area (Å²) < 4.78 is 0. The molecule has 0 saturated carbocycles. The molecule has 25 heavy (non-hydrogen) atoms. The Hall–Kier alpha value is -2.67. The fourth-order valence-electron chi connectivity index (χ4n) is 3.48. The Balaban J connectivity index is 1.99. The summed E-state index contributed by atoms with van der Waals surface area (Å²) in [6, 6.07) is 22.0. The Kier molecular flexibility index (Phi) is 3.61. The first-order valence-electron chi connectivity index (χ1n) is 8.82. The molecule has 0 N–H and O–H groups in total. The molecule has 1 heterocycles. The first kappa shape index (κ1) is 15.8. The maximum absolute atomic E-state index is 4.72. The highest BCUT2D eigenvalue weighted by Gasteiger charge is 2.15. The Bertz CT molecular complexity index is 1080. The maximum Gasteiger partial charge on any atom is 0.0780 e. The molecule has 0 spiro atoms. The number of pyridine rings is 1. The molecule has 0 saturated heterocycles. The average Bonchev–Trinajstić information content (AvgIpc) is 2.60. The molecule has 0 aliphatic heterocycles. The third-order valence-corrected chi connectivity index (χ3v) is 4.92. The van der Waals surface area contributed by atoms with E-state index in [0.717, 1.165) is 5.69 Å². The maximum atomic E-state index is 4.72. The van der Waals surface area contributed by atoms with E-state index in [2.05, 4.69) is 88.4 Å². The van der Waals surface area contributed by atoms with Crippen molar-refractivity contribution in [3.05, 3.63) is 78.0 Å².